The van der Waals surface area contributed by atoms with Gasteiger partial charge in [0.1, 0.15) is 0 Å². The highest BCUT2D eigenvalue weighted by molar-refractivity contribution is 7.11. The Balaban J connectivity index is 2.77. The topological polar surface area (TPSA) is 38.9 Å². The van der Waals surface area contributed by atoms with Crippen LogP contribution in [0.25, 0.3) is 0 Å². The Morgan fingerprint density at radius 3 is 2.50 bits per heavy atom. The smallest absolute Gasteiger partial charge is 0.0900 e. The molecule has 0 radical (unpaired) electrons. The van der Waals surface area contributed by atoms with Crippen LogP contribution in [0.5, 0.6) is 0 Å². The molecule has 0 spiro atoms. The lowest BCUT2D eigenvalue weighted by Gasteiger charge is -2.18. The number of aromatic nitrogens is 1. The summed E-state index contributed by atoms with van der Waals surface area (Å²) in [6, 6.07) is 0.168. The molecule has 0 saturated heterocycles. The summed E-state index contributed by atoms with van der Waals surface area (Å²) in [5.41, 5.74) is 7.32. The van der Waals surface area contributed by atoms with Crippen molar-refractivity contribution >= 4 is 11.3 Å². The summed E-state index contributed by atoms with van der Waals surface area (Å²) in [5, 5.41) is 1.12. The molecular weight excluding hydrogens is 192 g/mol. The Bertz CT molecular complexity index is 293. The van der Waals surface area contributed by atoms with Gasteiger partial charge in [0.25, 0.3) is 0 Å². The van der Waals surface area contributed by atoms with Gasteiger partial charge in [0.05, 0.1) is 10.7 Å². The molecule has 2 unspecified atom stereocenters. The molecule has 0 aliphatic carbocycles. The van der Waals surface area contributed by atoms with E-state index in [1.54, 1.807) is 11.3 Å². The van der Waals surface area contributed by atoms with Gasteiger partial charge < -0.3 is 5.73 Å². The molecule has 3 heteroatoms. The molecule has 1 rings (SSSR count). The van der Waals surface area contributed by atoms with Gasteiger partial charge >= 0.3 is 0 Å². The van der Waals surface area contributed by atoms with Crippen molar-refractivity contribution in [2.24, 2.45) is 11.7 Å². The molecule has 0 bridgehead atoms. The van der Waals surface area contributed by atoms with Crippen LogP contribution in [0.4, 0.5) is 0 Å². The molecule has 2 nitrogen and oxygen atoms in total. The van der Waals surface area contributed by atoms with Crippen LogP contribution in [0.2, 0.25) is 0 Å². The Labute approximate surface area is 90.6 Å². The number of aryl methyl sites for hydroxylation is 2. The SMILES string of the molecule is CCCC(C)C(N)c1sc(C)nc1C. The Hall–Kier alpha value is -0.410. The number of nitrogens with two attached hydrogens (primary N) is 1. The van der Waals surface area contributed by atoms with Crippen molar-refractivity contribution in [3.63, 3.8) is 0 Å². The molecule has 0 fully saturated rings. The molecule has 0 amide bonds. The second-order valence-electron chi connectivity index (χ2n) is 3.97. The molecule has 2 N–H and O–H groups in total. The highest BCUT2D eigenvalue weighted by Crippen LogP contribution is 2.29. The number of thiazole rings is 1. The fourth-order valence-corrected chi connectivity index (χ4v) is 2.81. The largest absolute Gasteiger partial charge is 0.323 e. The molecule has 1 aromatic rings. The van der Waals surface area contributed by atoms with Crippen LogP contribution in [0.3, 0.4) is 0 Å². The predicted octanol–water partition coefficient (Wildman–Crippen LogP) is 3.20. The van der Waals surface area contributed by atoms with Crippen LogP contribution < -0.4 is 5.73 Å². The minimum atomic E-state index is 0.168. The van der Waals surface area contributed by atoms with Crippen LogP contribution in [0.1, 0.15) is 48.3 Å². The summed E-state index contributed by atoms with van der Waals surface area (Å²) >= 11 is 1.74. The fraction of sp³-hybridized carbons (Fsp3) is 0.727. The molecule has 0 saturated carbocycles. The van der Waals surface area contributed by atoms with Gasteiger partial charge in [-0.1, -0.05) is 20.3 Å². The van der Waals surface area contributed by atoms with E-state index in [1.165, 1.54) is 17.7 Å². The molecule has 0 aliphatic heterocycles. The van der Waals surface area contributed by atoms with E-state index in [0.717, 1.165) is 10.7 Å². The average Bonchev–Trinajstić information content (AvgIpc) is 2.44. The molecular formula is C11H20N2S. The summed E-state index contributed by atoms with van der Waals surface area (Å²) in [4.78, 5) is 5.68. The summed E-state index contributed by atoms with van der Waals surface area (Å²) in [7, 11) is 0. The quantitative estimate of drug-likeness (QED) is 0.832. The van der Waals surface area contributed by atoms with E-state index < -0.39 is 0 Å². The summed E-state index contributed by atoms with van der Waals surface area (Å²) in [6.45, 7) is 8.52. The summed E-state index contributed by atoms with van der Waals surface area (Å²) in [5.74, 6) is 0.554. The molecule has 80 valence electrons. The Morgan fingerprint density at radius 1 is 1.43 bits per heavy atom. The van der Waals surface area contributed by atoms with E-state index in [1.807, 2.05) is 6.92 Å². The van der Waals surface area contributed by atoms with E-state index in [9.17, 15) is 0 Å². The summed E-state index contributed by atoms with van der Waals surface area (Å²) in [6.07, 6.45) is 2.39. The first-order chi connectivity index (χ1) is 6.56. The van der Waals surface area contributed by atoms with Crippen molar-refractivity contribution in [1.82, 2.24) is 4.98 Å². The number of hydrogen-bond donors (Lipinski definition) is 1. The van der Waals surface area contributed by atoms with Crippen molar-refractivity contribution in [3.8, 4) is 0 Å². The standard InChI is InChI=1S/C11H20N2S/c1-5-6-7(2)10(12)11-8(3)13-9(4)14-11/h7,10H,5-6,12H2,1-4H3. The minimum absolute atomic E-state index is 0.168. The third kappa shape index (κ3) is 2.55. The minimum Gasteiger partial charge on any atom is -0.323 e. The molecule has 1 aromatic heterocycles. The number of rotatable bonds is 4. The zero-order valence-electron chi connectivity index (χ0n) is 9.50. The van der Waals surface area contributed by atoms with Crippen molar-refractivity contribution in [2.75, 3.05) is 0 Å². The fourth-order valence-electron chi connectivity index (χ4n) is 1.75. The highest BCUT2D eigenvalue weighted by atomic mass is 32.1. The van der Waals surface area contributed by atoms with Crippen LogP contribution in [-0.4, -0.2) is 4.98 Å². The third-order valence-corrected chi connectivity index (χ3v) is 3.77. The first-order valence-electron chi connectivity index (χ1n) is 5.25. The molecule has 14 heavy (non-hydrogen) atoms. The predicted molar refractivity (Wildman–Crippen MR) is 62.6 cm³/mol. The average molecular weight is 212 g/mol. The van der Waals surface area contributed by atoms with Gasteiger partial charge in [-0.15, -0.1) is 11.3 Å². The van der Waals surface area contributed by atoms with Gasteiger partial charge in [-0.05, 0) is 26.2 Å². The van der Waals surface area contributed by atoms with Crippen molar-refractivity contribution in [2.45, 2.75) is 46.6 Å². The maximum Gasteiger partial charge on any atom is 0.0900 e. The van der Waals surface area contributed by atoms with E-state index in [4.69, 9.17) is 5.73 Å². The molecule has 0 aliphatic rings. The Morgan fingerprint density at radius 2 is 2.07 bits per heavy atom. The van der Waals surface area contributed by atoms with Crippen LogP contribution >= 0.6 is 11.3 Å². The van der Waals surface area contributed by atoms with Gasteiger partial charge in [0, 0.05) is 10.9 Å². The van der Waals surface area contributed by atoms with Crippen molar-refractivity contribution < 1.29 is 0 Å². The maximum absolute atomic E-state index is 6.21. The monoisotopic (exact) mass is 212 g/mol. The van der Waals surface area contributed by atoms with Gasteiger partial charge in [-0.2, -0.15) is 0 Å². The number of hydrogen-bond acceptors (Lipinski definition) is 3. The van der Waals surface area contributed by atoms with Gasteiger partial charge in [0.15, 0.2) is 0 Å². The van der Waals surface area contributed by atoms with Crippen LogP contribution in [-0.2, 0) is 0 Å². The van der Waals surface area contributed by atoms with E-state index in [-0.39, 0.29) is 6.04 Å². The van der Waals surface area contributed by atoms with E-state index in [0.29, 0.717) is 5.92 Å². The van der Waals surface area contributed by atoms with Crippen LogP contribution in [0, 0.1) is 19.8 Å². The first-order valence-corrected chi connectivity index (χ1v) is 6.07. The molecule has 2 atom stereocenters. The lowest BCUT2D eigenvalue weighted by molar-refractivity contribution is 0.437. The van der Waals surface area contributed by atoms with Gasteiger partial charge in [-0.25, -0.2) is 4.98 Å². The normalized spacial score (nSPS) is 15.5. The molecule has 0 aromatic carbocycles. The lowest BCUT2D eigenvalue weighted by atomic mass is 9.96. The zero-order valence-corrected chi connectivity index (χ0v) is 10.3. The third-order valence-electron chi connectivity index (χ3n) is 2.60. The van der Waals surface area contributed by atoms with Crippen molar-refractivity contribution in [3.05, 3.63) is 15.6 Å². The van der Waals surface area contributed by atoms with Crippen molar-refractivity contribution in [1.29, 1.82) is 0 Å². The van der Waals surface area contributed by atoms with E-state index >= 15 is 0 Å². The van der Waals surface area contributed by atoms with Gasteiger partial charge in [0.2, 0.25) is 0 Å². The van der Waals surface area contributed by atoms with Crippen LogP contribution in [0.15, 0.2) is 0 Å². The number of nitrogens with zero attached hydrogens (tertiary/aromatic N) is 1. The lowest BCUT2D eigenvalue weighted by Crippen LogP contribution is -2.18. The molecule has 1 heterocycles. The maximum atomic E-state index is 6.21. The van der Waals surface area contributed by atoms with Gasteiger partial charge in [-0.3, -0.25) is 0 Å². The highest BCUT2D eigenvalue weighted by Gasteiger charge is 2.18. The van der Waals surface area contributed by atoms with E-state index in [2.05, 4.69) is 25.8 Å². The zero-order chi connectivity index (χ0) is 10.7. The second-order valence-corrected chi connectivity index (χ2v) is 5.21. The Kier molecular flexibility index (Phi) is 4.08. The summed E-state index contributed by atoms with van der Waals surface area (Å²) < 4.78 is 0. The first kappa shape index (κ1) is 11.7. The second kappa shape index (κ2) is 4.89.